The second-order valence-corrected chi connectivity index (χ2v) is 8.94. The molecule has 0 aliphatic carbocycles. The van der Waals surface area contributed by atoms with Crippen molar-refractivity contribution in [3.8, 4) is 0 Å². The van der Waals surface area contributed by atoms with Crippen LogP contribution in [0.3, 0.4) is 0 Å². The van der Waals surface area contributed by atoms with Gasteiger partial charge in [-0.2, -0.15) is 0 Å². The van der Waals surface area contributed by atoms with Gasteiger partial charge in [0.05, 0.1) is 5.75 Å². The quantitative estimate of drug-likeness (QED) is 0.587. The molecule has 0 radical (unpaired) electrons. The molecule has 4 nitrogen and oxygen atoms in total. The summed E-state index contributed by atoms with van der Waals surface area (Å²) in [5, 5.41) is 3.21. The summed E-state index contributed by atoms with van der Waals surface area (Å²) in [6.45, 7) is 7.80. The van der Waals surface area contributed by atoms with Crippen molar-refractivity contribution in [3.63, 3.8) is 0 Å². The number of carbonyl (C=O) groups excluding carboxylic acids is 2. The summed E-state index contributed by atoms with van der Waals surface area (Å²) in [4.78, 5) is 27.2. The van der Waals surface area contributed by atoms with Gasteiger partial charge in [-0.1, -0.05) is 47.5 Å². The smallest absolute Gasteiger partial charge is 0.242 e. The maximum absolute atomic E-state index is 14.0. The number of thioether (sulfide) groups is 1. The third-order valence-corrected chi connectivity index (χ3v) is 5.87. The third kappa shape index (κ3) is 7.03. The summed E-state index contributed by atoms with van der Waals surface area (Å²) in [5.41, 5.74) is 2.42. The molecule has 7 heteroatoms. The van der Waals surface area contributed by atoms with Crippen LogP contribution >= 0.6 is 23.4 Å². The molecule has 1 unspecified atom stereocenters. The molecule has 0 heterocycles. The van der Waals surface area contributed by atoms with Crippen LogP contribution in [0.1, 0.15) is 37.5 Å². The van der Waals surface area contributed by atoms with E-state index in [0.717, 1.165) is 11.1 Å². The summed E-state index contributed by atoms with van der Waals surface area (Å²) in [7, 11) is 0. The second-order valence-electron chi connectivity index (χ2n) is 7.54. The van der Waals surface area contributed by atoms with Crippen LogP contribution in [0.4, 0.5) is 4.39 Å². The lowest BCUT2D eigenvalue weighted by Crippen LogP contribution is -2.49. The van der Waals surface area contributed by atoms with E-state index in [0.29, 0.717) is 17.1 Å². The third-order valence-electron chi connectivity index (χ3n) is 4.57. The molecule has 0 saturated carbocycles. The zero-order valence-corrected chi connectivity index (χ0v) is 19.3. The van der Waals surface area contributed by atoms with Gasteiger partial charge in [0.1, 0.15) is 11.9 Å². The molecule has 2 aromatic rings. The van der Waals surface area contributed by atoms with Crippen molar-refractivity contribution in [2.75, 3.05) is 5.75 Å². The summed E-state index contributed by atoms with van der Waals surface area (Å²) in [6, 6.07) is 11.7. The Hall–Kier alpha value is -2.05. The van der Waals surface area contributed by atoms with E-state index in [9.17, 15) is 14.0 Å². The highest BCUT2D eigenvalue weighted by Gasteiger charge is 2.26. The minimum absolute atomic E-state index is 0.0200. The molecular weight excluding hydrogens is 423 g/mol. The molecule has 0 spiro atoms. The Labute approximate surface area is 187 Å². The van der Waals surface area contributed by atoms with Gasteiger partial charge in [-0.25, -0.2) is 4.39 Å². The standard InChI is InChI=1S/C23H28ClFN2O2S/c1-15(2)26-23(29)17(4)27(12-18-8-5-7-16(3)11-18)22(28)14-30-13-19-20(24)9-6-10-21(19)25/h5-11,15,17H,12-14H2,1-4H3,(H,26,29). The van der Waals surface area contributed by atoms with Gasteiger partial charge in [-0.05, 0) is 45.4 Å². The number of aryl methyl sites for hydroxylation is 1. The van der Waals surface area contributed by atoms with Crippen molar-refractivity contribution in [2.24, 2.45) is 0 Å². The van der Waals surface area contributed by atoms with E-state index in [-0.39, 0.29) is 35.2 Å². The SMILES string of the molecule is Cc1cccc(CN(C(=O)CSCc2c(F)cccc2Cl)C(C)C(=O)NC(C)C)c1. The van der Waals surface area contributed by atoms with E-state index in [4.69, 9.17) is 11.6 Å². The fourth-order valence-electron chi connectivity index (χ4n) is 2.99. The Morgan fingerprint density at radius 2 is 1.87 bits per heavy atom. The summed E-state index contributed by atoms with van der Waals surface area (Å²) < 4.78 is 14.0. The first-order valence-corrected chi connectivity index (χ1v) is 11.4. The van der Waals surface area contributed by atoms with E-state index in [1.165, 1.54) is 17.8 Å². The number of carbonyl (C=O) groups is 2. The second kappa shape index (κ2) is 11.4. The largest absolute Gasteiger partial charge is 0.352 e. The maximum atomic E-state index is 14.0. The molecule has 30 heavy (non-hydrogen) atoms. The van der Waals surface area contributed by atoms with E-state index < -0.39 is 6.04 Å². The number of amides is 2. The highest BCUT2D eigenvalue weighted by molar-refractivity contribution is 7.99. The highest BCUT2D eigenvalue weighted by atomic mass is 35.5. The van der Waals surface area contributed by atoms with Gasteiger partial charge in [0.2, 0.25) is 11.8 Å². The van der Waals surface area contributed by atoms with Gasteiger partial charge in [-0.15, -0.1) is 11.8 Å². The Bertz CT molecular complexity index is 871. The molecule has 0 aliphatic rings. The zero-order chi connectivity index (χ0) is 22.3. The topological polar surface area (TPSA) is 49.4 Å². The van der Waals surface area contributed by atoms with E-state index in [1.54, 1.807) is 24.0 Å². The molecule has 0 fully saturated rings. The minimum atomic E-state index is -0.627. The average Bonchev–Trinajstić information content (AvgIpc) is 2.67. The molecule has 162 valence electrons. The lowest BCUT2D eigenvalue weighted by Gasteiger charge is -2.29. The van der Waals surface area contributed by atoms with Crippen LogP contribution < -0.4 is 5.32 Å². The van der Waals surface area contributed by atoms with Crippen molar-refractivity contribution in [3.05, 3.63) is 70.0 Å². The Morgan fingerprint density at radius 3 is 2.50 bits per heavy atom. The molecule has 2 aromatic carbocycles. The van der Waals surface area contributed by atoms with Gasteiger partial charge in [0.25, 0.3) is 0 Å². The lowest BCUT2D eigenvalue weighted by atomic mass is 10.1. The molecule has 0 saturated heterocycles. The van der Waals surface area contributed by atoms with Crippen molar-refractivity contribution in [1.82, 2.24) is 10.2 Å². The number of halogens is 2. The normalized spacial score (nSPS) is 12.0. The van der Waals surface area contributed by atoms with Gasteiger partial charge in [0.15, 0.2) is 0 Å². The van der Waals surface area contributed by atoms with Crippen molar-refractivity contribution < 1.29 is 14.0 Å². The minimum Gasteiger partial charge on any atom is -0.352 e. The molecule has 0 aromatic heterocycles. The monoisotopic (exact) mass is 450 g/mol. The fraction of sp³-hybridized carbons (Fsp3) is 0.391. The maximum Gasteiger partial charge on any atom is 0.242 e. The number of nitrogens with zero attached hydrogens (tertiary/aromatic N) is 1. The molecule has 1 N–H and O–H groups in total. The number of rotatable bonds is 9. The van der Waals surface area contributed by atoms with E-state index >= 15 is 0 Å². The summed E-state index contributed by atoms with van der Waals surface area (Å²) in [6.07, 6.45) is 0. The number of nitrogens with one attached hydrogen (secondary N) is 1. The van der Waals surface area contributed by atoms with Gasteiger partial charge >= 0.3 is 0 Å². The predicted octanol–water partition coefficient (Wildman–Crippen LogP) is 4.96. The summed E-state index contributed by atoms with van der Waals surface area (Å²) in [5.74, 6) is -0.366. The molecule has 0 bridgehead atoms. The molecule has 1 atom stereocenters. The number of benzene rings is 2. The van der Waals surface area contributed by atoms with Crippen molar-refractivity contribution in [1.29, 1.82) is 0 Å². The lowest BCUT2D eigenvalue weighted by molar-refractivity contribution is -0.138. The molecular formula is C23H28ClFN2O2S. The van der Waals surface area contributed by atoms with Crippen LogP contribution in [0.25, 0.3) is 0 Å². The van der Waals surface area contributed by atoms with Crippen LogP contribution in [-0.2, 0) is 21.9 Å². The van der Waals surface area contributed by atoms with Crippen LogP contribution in [-0.4, -0.2) is 34.6 Å². The van der Waals surface area contributed by atoms with Crippen LogP contribution in [0.2, 0.25) is 5.02 Å². The molecule has 2 amide bonds. The van der Waals surface area contributed by atoms with Gasteiger partial charge < -0.3 is 10.2 Å². The first-order chi connectivity index (χ1) is 14.2. The summed E-state index contributed by atoms with van der Waals surface area (Å²) >= 11 is 7.35. The van der Waals surface area contributed by atoms with Crippen molar-refractivity contribution >= 4 is 35.2 Å². The Balaban J connectivity index is 2.11. The predicted molar refractivity (Wildman–Crippen MR) is 122 cm³/mol. The van der Waals surface area contributed by atoms with Crippen LogP contribution in [0.15, 0.2) is 42.5 Å². The fourth-order valence-corrected chi connectivity index (χ4v) is 4.24. The first kappa shape index (κ1) is 24.2. The van der Waals surface area contributed by atoms with Crippen molar-refractivity contribution in [2.45, 2.75) is 52.1 Å². The molecule has 2 rings (SSSR count). The van der Waals surface area contributed by atoms with Gasteiger partial charge in [0, 0.05) is 28.9 Å². The van der Waals surface area contributed by atoms with E-state index in [1.807, 2.05) is 45.0 Å². The first-order valence-electron chi connectivity index (χ1n) is 9.85. The van der Waals surface area contributed by atoms with Gasteiger partial charge in [-0.3, -0.25) is 9.59 Å². The highest BCUT2D eigenvalue weighted by Crippen LogP contribution is 2.24. The zero-order valence-electron chi connectivity index (χ0n) is 17.7. The number of hydrogen-bond donors (Lipinski definition) is 1. The number of hydrogen-bond acceptors (Lipinski definition) is 3. The van der Waals surface area contributed by atoms with Crippen LogP contribution in [0.5, 0.6) is 0 Å². The van der Waals surface area contributed by atoms with E-state index in [2.05, 4.69) is 5.32 Å². The van der Waals surface area contributed by atoms with Crippen LogP contribution in [0, 0.1) is 12.7 Å². The Kier molecular flexibility index (Phi) is 9.18. The average molecular weight is 451 g/mol. The Morgan fingerprint density at radius 1 is 1.17 bits per heavy atom. The molecule has 0 aliphatic heterocycles.